The summed E-state index contributed by atoms with van der Waals surface area (Å²) >= 11 is 1.45. The third-order valence-electron chi connectivity index (χ3n) is 3.14. The molecule has 3 nitrogen and oxygen atoms in total. The maximum atomic E-state index is 12.7. The number of carbonyl (C=O) groups is 1. The van der Waals surface area contributed by atoms with E-state index in [1.807, 2.05) is 48.7 Å². The number of thiophene rings is 1. The fourth-order valence-corrected chi connectivity index (χ4v) is 3.10. The molecular weight excluding hydrogens is 282 g/mol. The molecule has 0 aliphatic heterocycles. The molecule has 0 fully saturated rings. The first kappa shape index (κ1) is 15.7. The van der Waals surface area contributed by atoms with Crippen molar-refractivity contribution < 1.29 is 9.90 Å². The van der Waals surface area contributed by atoms with E-state index >= 15 is 0 Å². The van der Waals surface area contributed by atoms with Crippen molar-refractivity contribution in [3.05, 3.63) is 57.8 Å². The summed E-state index contributed by atoms with van der Waals surface area (Å²) in [5, 5.41) is 12.0. The van der Waals surface area contributed by atoms with Crippen molar-refractivity contribution >= 4 is 17.2 Å². The minimum absolute atomic E-state index is 0.0199. The second kappa shape index (κ2) is 6.41. The maximum absolute atomic E-state index is 12.7. The SMILES string of the molecule is Cc1ccsc1C(=O)N(Cc1ccccc1)CC(C)(C)O. The van der Waals surface area contributed by atoms with Gasteiger partial charge >= 0.3 is 0 Å². The van der Waals surface area contributed by atoms with Gasteiger partial charge in [-0.2, -0.15) is 0 Å². The van der Waals surface area contributed by atoms with Crippen LogP contribution in [-0.2, 0) is 6.54 Å². The maximum Gasteiger partial charge on any atom is 0.264 e. The van der Waals surface area contributed by atoms with E-state index < -0.39 is 5.60 Å². The number of aryl methyl sites for hydroxylation is 1. The Hall–Kier alpha value is -1.65. The van der Waals surface area contributed by atoms with Crippen LogP contribution in [0.5, 0.6) is 0 Å². The third kappa shape index (κ3) is 4.41. The molecule has 1 heterocycles. The van der Waals surface area contributed by atoms with E-state index in [0.717, 1.165) is 16.0 Å². The van der Waals surface area contributed by atoms with Crippen LogP contribution < -0.4 is 0 Å². The molecule has 0 atom stereocenters. The lowest BCUT2D eigenvalue weighted by Gasteiger charge is -2.29. The Morgan fingerprint density at radius 2 is 1.90 bits per heavy atom. The minimum Gasteiger partial charge on any atom is -0.389 e. The molecule has 0 saturated heterocycles. The normalized spacial score (nSPS) is 11.4. The van der Waals surface area contributed by atoms with Crippen LogP contribution in [0.2, 0.25) is 0 Å². The van der Waals surface area contributed by atoms with Crippen LogP contribution in [0.25, 0.3) is 0 Å². The van der Waals surface area contributed by atoms with Gasteiger partial charge in [-0.1, -0.05) is 30.3 Å². The largest absolute Gasteiger partial charge is 0.389 e. The van der Waals surface area contributed by atoms with Gasteiger partial charge in [-0.3, -0.25) is 4.79 Å². The number of nitrogens with zero attached hydrogens (tertiary/aromatic N) is 1. The summed E-state index contributed by atoms with van der Waals surface area (Å²) in [6.07, 6.45) is 0. The van der Waals surface area contributed by atoms with Crippen molar-refractivity contribution in [3.8, 4) is 0 Å². The van der Waals surface area contributed by atoms with Gasteiger partial charge in [-0.25, -0.2) is 0 Å². The topological polar surface area (TPSA) is 40.5 Å². The lowest BCUT2D eigenvalue weighted by Crippen LogP contribution is -2.41. The van der Waals surface area contributed by atoms with Gasteiger partial charge in [0.15, 0.2) is 0 Å². The monoisotopic (exact) mass is 303 g/mol. The zero-order valence-corrected chi connectivity index (χ0v) is 13.5. The van der Waals surface area contributed by atoms with Gasteiger partial charge in [0.05, 0.1) is 10.5 Å². The summed E-state index contributed by atoms with van der Waals surface area (Å²) in [7, 11) is 0. The number of hydrogen-bond donors (Lipinski definition) is 1. The van der Waals surface area contributed by atoms with Gasteiger partial charge in [0.1, 0.15) is 0 Å². The molecule has 0 aliphatic carbocycles. The summed E-state index contributed by atoms with van der Waals surface area (Å²) in [5.41, 5.74) is 1.12. The molecule has 0 saturated carbocycles. The zero-order chi connectivity index (χ0) is 15.5. The van der Waals surface area contributed by atoms with Crippen LogP contribution in [0.1, 0.15) is 34.6 Å². The Bertz CT molecular complexity index is 599. The van der Waals surface area contributed by atoms with Crippen molar-refractivity contribution in [2.24, 2.45) is 0 Å². The molecule has 1 amide bonds. The molecule has 0 spiro atoms. The van der Waals surface area contributed by atoms with E-state index in [2.05, 4.69) is 0 Å². The van der Waals surface area contributed by atoms with Crippen molar-refractivity contribution in [1.29, 1.82) is 0 Å². The molecule has 2 rings (SSSR count). The predicted molar refractivity (Wildman–Crippen MR) is 86.5 cm³/mol. The van der Waals surface area contributed by atoms with Crippen molar-refractivity contribution in [1.82, 2.24) is 4.90 Å². The lowest BCUT2D eigenvalue weighted by atomic mass is 10.1. The Labute approximate surface area is 129 Å². The van der Waals surface area contributed by atoms with E-state index in [-0.39, 0.29) is 5.91 Å². The molecular formula is C17H21NO2S. The highest BCUT2D eigenvalue weighted by molar-refractivity contribution is 7.12. The number of carbonyl (C=O) groups excluding carboxylic acids is 1. The van der Waals surface area contributed by atoms with Crippen molar-refractivity contribution in [2.45, 2.75) is 32.9 Å². The second-order valence-electron chi connectivity index (χ2n) is 5.89. The highest BCUT2D eigenvalue weighted by atomic mass is 32.1. The van der Waals surface area contributed by atoms with Gasteiger partial charge in [0.25, 0.3) is 5.91 Å². The van der Waals surface area contributed by atoms with Gasteiger partial charge in [-0.15, -0.1) is 11.3 Å². The fourth-order valence-electron chi connectivity index (χ4n) is 2.21. The molecule has 0 aliphatic rings. The molecule has 112 valence electrons. The summed E-state index contributed by atoms with van der Waals surface area (Å²) in [5.74, 6) is -0.0199. The van der Waals surface area contributed by atoms with Crippen LogP contribution in [0.3, 0.4) is 0 Å². The average molecular weight is 303 g/mol. The van der Waals surface area contributed by atoms with E-state index in [9.17, 15) is 9.90 Å². The first-order chi connectivity index (χ1) is 9.87. The number of rotatable bonds is 5. The minimum atomic E-state index is -0.921. The molecule has 2 aromatic rings. The zero-order valence-electron chi connectivity index (χ0n) is 12.7. The Morgan fingerprint density at radius 1 is 1.24 bits per heavy atom. The average Bonchev–Trinajstić information content (AvgIpc) is 2.83. The van der Waals surface area contributed by atoms with Crippen molar-refractivity contribution in [3.63, 3.8) is 0 Å². The number of amides is 1. The Morgan fingerprint density at radius 3 is 2.43 bits per heavy atom. The van der Waals surface area contributed by atoms with E-state index in [1.54, 1.807) is 18.7 Å². The van der Waals surface area contributed by atoms with Crippen molar-refractivity contribution in [2.75, 3.05) is 6.54 Å². The van der Waals surface area contributed by atoms with Crippen LogP contribution in [0, 0.1) is 6.92 Å². The second-order valence-corrected chi connectivity index (χ2v) is 6.81. The van der Waals surface area contributed by atoms with E-state index in [1.165, 1.54) is 11.3 Å². The summed E-state index contributed by atoms with van der Waals surface area (Å²) in [4.78, 5) is 15.2. The Balaban J connectivity index is 2.24. The van der Waals surface area contributed by atoms with E-state index in [0.29, 0.717) is 13.1 Å². The van der Waals surface area contributed by atoms with Crippen LogP contribution in [-0.4, -0.2) is 28.1 Å². The first-order valence-electron chi connectivity index (χ1n) is 6.96. The number of aliphatic hydroxyl groups is 1. The van der Waals surface area contributed by atoms with E-state index in [4.69, 9.17) is 0 Å². The molecule has 1 aromatic heterocycles. The van der Waals surface area contributed by atoms with Crippen LogP contribution in [0.4, 0.5) is 0 Å². The highest BCUT2D eigenvalue weighted by Crippen LogP contribution is 2.21. The van der Waals surface area contributed by atoms with Gasteiger partial charge in [0.2, 0.25) is 0 Å². The smallest absolute Gasteiger partial charge is 0.264 e. The molecule has 0 bridgehead atoms. The molecule has 4 heteroatoms. The lowest BCUT2D eigenvalue weighted by molar-refractivity contribution is 0.0282. The standard InChI is InChI=1S/C17H21NO2S/c1-13-9-10-21-15(13)16(19)18(12-17(2,3)20)11-14-7-5-4-6-8-14/h4-10,20H,11-12H2,1-3H3. The van der Waals surface area contributed by atoms with Crippen LogP contribution in [0.15, 0.2) is 41.8 Å². The van der Waals surface area contributed by atoms with Gasteiger partial charge < -0.3 is 10.0 Å². The molecule has 1 N–H and O–H groups in total. The van der Waals surface area contributed by atoms with Crippen LogP contribution >= 0.6 is 11.3 Å². The predicted octanol–water partition coefficient (Wildman–Crippen LogP) is 3.47. The molecule has 0 radical (unpaired) electrons. The summed E-state index contributed by atoms with van der Waals surface area (Å²) < 4.78 is 0. The summed E-state index contributed by atoms with van der Waals surface area (Å²) in [6, 6.07) is 11.8. The molecule has 21 heavy (non-hydrogen) atoms. The third-order valence-corrected chi connectivity index (χ3v) is 4.14. The summed E-state index contributed by atoms with van der Waals surface area (Å²) in [6.45, 7) is 6.19. The van der Waals surface area contributed by atoms with Gasteiger partial charge in [0, 0.05) is 13.1 Å². The highest BCUT2D eigenvalue weighted by Gasteiger charge is 2.25. The quantitative estimate of drug-likeness (QED) is 0.919. The first-order valence-corrected chi connectivity index (χ1v) is 7.84. The fraction of sp³-hybridized carbons (Fsp3) is 0.353. The number of benzene rings is 1. The van der Waals surface area contributed by atoms with Gasteiger partial charge in [-0.05, 0) is 43.3 Å². The molecule has 1 aromatic carbocycles. The molecule has 0 unspecified atom stereocenters. The Kier molecular flexibility index (Phi) is 4.80. The number of hydrogen-bond acceptors (Lipinski definition) is 3.